The van der Waals surface area contributed by atoms with Crippen LogP contribution in [0.1, 0.15) is 20.3 Å². The second-order valence-electron chi connectivity index (χ2n) is 10.1. The lowest BCUT2D eigenvalue weighted by atomic mass is 10.1. The van der Waals surface area contributed by atoms with Crippen LogP contribution in [0.3, 0.4) is 0 Å². The van der Waals surface area contributed by atoms with Crippen LogP contribution in [0.5, 0.6) is 5.88 Å². The van der Waals surface area contributed by atoms with Crippen molar-refractivity contribution in [3.63, 3.8) is 0 Å². The highest BCUT2D eigenvalue weighted by atomic mass is 16.5. The average Bonchev–Trinajstić information content (AvgIpc) is 3.23. The molecule has 0 amide bonds. The van der Waals surface area contributed by atoms with Crippen LogP contribution < -0.4 is 9.64 Å². The number of piperazine rings is 1. The second kappa shape index (κ2) is 9.84. The molecule has 7 nitrogen and oxygen atoms in total. The monoisotopic (exact) mass is 472 g/mol. The zero-order chi connectivity index (χ0) is 24.5. The lowest BCUT2D eigenvalue weighted by Gasteiger charge is -2.43. The minimum atomic E-state index is 0.499. The van der Waals surface area contributed by atoms with Gasteiger partial charge in [-0.1, -0.05) is 6.07 Å². The molecule has 1 aliphatic heterocycles. The number of aromatic nitrogens is 3. The summed E-state index contributed by atoms with van der Waals surface area (Å²) < 4.78 is 8.04. The van der Waals surface area contributed by atoms with E-state index < -0.39 is 0 Å². The largest absolute Gasteiger partial charge is 0.478 e. The Bertz CT molecular complexity index is 1290. The second-order valence-corrected chi connectivity index (χ2v) is 10.1. The Balaban J connectivity index is 1.44. The van der Waals surface area contributed by atoms with Gasteiger partial charge in [0.15, 0.2) is 0 Å². The SMILES string of the molecule is C[C@@H]1CN(c2cccc3nc4ccc(-c5ccc(OCCCN(C)C)nc5)cn4c23)C[C@H](C)N1C. The van der Waals surface area contributed by atoms with Gasteiger partial charge in [-0.25, -0.2) is 9.97 Å². The molecule has 2 atom stereocenters. The van der Waals surface area contributed by atoms with Crippen LogP contribution in [0.25, 0.3) is 27.8 Å². The summed E-state index contributed by atoms with van der Waals surface area (Å²) in [5.74, 6) is 0.669. The fourth-order valence-corrected chi connectivity index (χ4v) is 4.96. The summed E-state index contributed by atoms with van der Waals surface area (Å²) in [5.41, 5.74) is 6.58. The summed E-state index contributed by atoms with van der Waals surface area (Å²) in [6.45, 7) is 8.30. The number of pyridine rings is 2. The molecule has 5 rings (SSSR count). The third-order valence-corrected chi connectivity index (χ3v) is 7.17. The summed E-state index contributed by atoms with van der Waals surface area (Å²) in [6.07, 6.45) is 5.06. The molecule has 0 aliphatic carbocycles. The number of likely N-dealkylation sites (N-methyl/N-ethyl adjacent to an activating group) is 1. The highest BCUT2D eigenvalue weighted by molar-refractivity contribution is 5.92. The van der Waals surface area contributed by atoms with E-state index in [1.165, 1.54) is 11.2 Å². The summed E-state index contributed by atoms with van der Waals surface area (Å²) >= 11 is 0. The summed E-state index contributed by atoms with van der Waals surface area (Å²) in [5, 5.41) is 0. The smallest absolute Gasteiger partial charge is 0.213 e. The Morgan fingerprint density at radius 3 is 2.49 bits per heavy atom. The lowest BCUT2D eigenvalue weighted by Crippen LogP contribution is -2.55. The van der Waals surface area contributed by atoms with Crippen molar-refractivity contribution in [1.29, 1.82) is 0 Å². The molecule has 7 heteroatoms. The highest BCUT2D eigenvalue weighted by Crippen LogP contribution is 2.32. The summed E-state index contributed by atoms with van der Waals surface area (Å²) in [4.78, 5) is 16.6. The summed E-state index contributed by atoms with van der Waals surface area (Å²) in [7, 11) is 6.37. The van der Waals surface area contributed by atoms with Gasteiger partial charge in [0, 0.05) is 61.3 Å². The molecular formula is C28H36N6O. The van der Waals surface area contributed by atoms with E-state index in [4.69, 9.17) is 9.72 Å². The molecule has 0 saturated carbocycles. The molecule has 0 spiro atoms. The maximum atomic E-state index is 5.81. The van der Waals surface area contributed by atoms with Gasteiger partial charge in [-0.3, -0.25) is 9.30 Å². The van der Waals surface area contributed by atoms with Crippen molar-refractivity contribution in [2.75, 3.05) is 52.3 Å². The van der Waals surface area contributed by atoms with Crippen molar-refractivity contribution in [3.05, 3.63) is 54.9 Å². The average molecular weight is 473 g/mol. The van der Waals surface area contributed by atoms with Crippen molar-refractivity contribution in [2.45, 2.75) is 32.4 Å². The van der Waals surface area contributed by atoms with Crippen molar-refractivity contribution >= 4 is 22.4 Å². The van der Waals surface area contributed by atoms with Gasteiger partial charge >= 0.3 is 0 Å². The molecule has 4 heterocycles. The van der Waals surface area contributed by atoms with Crippen LogP contribution in [0.2, 0.25) is 0 Å². The lowest BCUT2D eigenvalue weighted by molar-refractivity contribution is 0.170. The van der Waals surface area contributed by atoms with E-state index in [2.05, 4.69) is 102 Å². The van der Waals surface area contributed by atoms with Crippen LogP contribution in [0, 0.1) is 0 Å². The van der Waals surface area contributed by atoms with E-state index in [0.29, 0.717) is 24.6 Å². The Morgan fingerprint density at radius 1 is 1.00 bits per heavy atom. The van der Waals surface area contributed by atoms with Crippen LogP contribution in [0.4, 0.5) is 5.69 Å². The van der Waals surface area contributed by atoms with E-state index in [1.807, 2.05) is 12.3 Å². The van der Waals surface area contributed by atoms with Crippen LogP contribution in [-0.4, -0.2) is 83.6 Å². The normalized spacial score (nSPS) is 19.2. The van der Waals surface area contributed by atoms with E-state index in [0.717, 1.165) is 48.3 Å². The molecule has 184 valence electrons. The Hall–Kier alpha value is -3.16. The molecule has 1 saturated heterocycles. The third-order valence-electron chi connectivity index (χ3n) is 7.17. The predicted molar refractivity (Wildman–Crippen MR) is 143 cm³/mol. The van der Waals surface area contributed by atoms with Gasteiger partial charge in [-0.05, 0) is 71.7 Å². The van der Waals surface area contributed by atoms with Crippen molar-refractivity contribution < 1.29 is 4.74 Å². The maximum absolute atomic E-state index is 5.81. The summed E-state index contributed by atoms with van der Waals surface area (Å²) in [6, 6.07) is 15.7. The highest BCUT2D eigenvalue weighted by Gasteiger charge is 2.28. The van der Waals surface area contributed by atoms with Crippen molar-refractivity contribution in [2.24, 2.45) is 0 Å². The number of nitrogens with zero attached hydrogens (tertiary/aromatic N) is 6. The van der Waals surface area contributed by atoms with E-state index in [-0.39, 0.29) is 0 Å². The number of hydrogen-bond acceptors (Lipinski definition) is 6. The standard InChI is InChI=1S/C28H36N6O/c1-20-17-33(18-21(2)32(20)5)25-9-6-8-24-28(25)34-19-23(10-12-26(34)30-24)22-11-13-27(29-16-22)35-15-7-14-31(3)4/h6,8-13,16,19-21H,7,14-15,17-18H2,1-5H3/t20-,21+. The number of benzene rings is 1. The van der Waals surface area contributed by atoms with Gasteiger partial charge in [0.2, 0.25) is 5.88 Å². The van der Waals surface area contributed by atoms with Gasteiger partial charge in [0.05, 0.1) is 23.3 Å². The number of hydrogen-bond donors (Lipinski definition) is 0. The molecular weight excluding hydrogens is 436 g/mol. The minimum absolute atomic E-state index is 0.499. The van der Waals surface area contributed by atoms with E-state index >= 15 is 0 Å². The first-order chi connectivity index (χ1) is 16.9. The molecule has 0 radical (unpaired) electrons. The first-order valence-electron chi connectivity index (χ1n) is 12.5. The fraction of sp³-hybridized carbons (Fsp3) is 0.429. The quantitative estimate of drug-likeness (QED) is 0.372. The zero-order valence-corrected chi connectivity index (χ0v) is 21.5. The number of rotatable bonds is 7. The van der Waals surface area contributed by atoms with Gasteiger partial charge < -0.3 is 14.5 Å². The topological polar surface area (TPSA) is 49.1 Å². The molecule has 1 aliphatic rings. The Kier molecular flexibility index (Phi) is 6.62. The third kappa shape index (κ3) is 4.83. The van der Waals surface area contributed by atoms with Gasteiger partial charge in [0.1, 0.15) is 5.65 Å². The molecule has 4 aromatic rings. The fourth-order valence-electron chi connectivity index (χ4n) is 4.96. The van der Waals surface area contributed by atoms with Crippen LogP contribution in [-0.2, 0) is 0 Å². The maximum Gasteiger partial charge on any atom is 0.213 e. The predicted octanol–water partition coefficient (Wildman–Crippen LogP) is 4.41. The number of fused-ring (bicyclic) bond motifs is 3. The number of para-hydroxylation sites is 1. The van der Waals surface area contributed by atoms with Gasteiger partial charge in [-0.15, -0.1) is 0 Å². The van der Waals surface area contributed by atoms with Crippen LogP contribution in [0.15, 0.2) is 54.9 Å². The molecule has 1 aromatic carbocycles. The molecule has 35 heavy (non-hydrogen) atoms. The van der Waals surface area contributed by atoms with Crippen molar-refractivity contribution in [1.82, 2.24) is 24.2 Å². The minimum Gasteiger partial charge on any atom is -0.478 e. The van der Waals surface area contributed by atoms with Gasteiger partial charge in [0.25, 0.3) is 0 Å². The molecule has 1 fully saturated rings. The number of ether oxygens (including phenoxy) is 1. The molecule has 0 unspecified atom stereocenters. The van der Waals surface area contributed by atoms with Crippen molar-refractivity contribution in [3.8, 4) is 17.0 Å². The zero-order valence-electron chi connectivity index (χ0n) is 21.5. The molecule has 0 bridgehead atoms. The number of anilines is 1. The molecule has 0 N–H and O–H groups in total. The Labute approximate surface area is 207 Å². The van der Waals surface area contributed by atoms with E-state index in [9.17, 15) is 0 Å². The van der Waals surface area contributed by atoms with E-state index in [1.54, 1.807) is 0 Å². The first kappa shape index (κ1) is 23.6. The number of imidazole rings is 1. The van der Waals surface area contributed by atoms with Gasteiger partial charge in [-0.2, -0.15) is 0 Å². The Morgan fingerprint density at radius 2 is 1.77 bits per heavy atom. The van der Waals surface area contributed by atoms with Crippen LogP contribution >= 0.6 is 0 Å². The molecule has 3 aromatic heterocycles. The first-order valence-corrected chi connectivity index (χ1v) is 12.5.